The highest BCUT2D eigenvalue weighted by Crippen LogP contribution is 2.18. The second kappa shape index (κ2) is 6.58. The first-order valence-corrected chi connectivity index (χ1v) is 8.04. The van der Waals surface area contributed by atoms with Gasteiger partial charge in [-0.3, -0.25) is 4.90 Å². The average Bonchev–Trinajstić information content (AvgIpc) is 2.90. The van der Waals surface area contributed by atoms with E-state index in [-0.39, 0.29) is 0 Å². The van der Waals surface area contributed by atoms with Crippen molar-refractivity contribution < 1.29 is 4.42 Å². The Morgan fingerprint density at radius 3 is 2.90 bits per heavy atom. The molecule has 1 aliphatic heterocycles. The van der Waals surface area contributed by atoms with Crippen LogP contribution in [0, 0.1) is 0 Å². The number of hydrogen-bond donors (Lipinski definition) is 1. The van der Waals surface area contributed by atoms with Crippen molar-refractivity contribution in [3.8, 4) is 0 Å². The molecular weight excluding hydrogens is 262 g/mol. The van der Waals surface area contributed by atoms with Crippen molar-refractivity contribution in [2.75, 3.05) is 13.1 Å². The first-order valence-electron chi connectivity index (χ1n) is 8.04. The van der Waals surface area contributed by atoms with E-state index in [1.807, 2.05) is 24.3 Å². The predicted octanol–water partition coefficient (Wildman–Crippen LogP) is 3.18. The van der Waals surface area contributed by atoms with E-state index in [1.54, 1.807) is 0 Å². The van der Waals surface area contributed by atoms with Crippen molar-refractivity contribution in [1.82, 2.24) is 15.2 Å². The number of benzene rings is 1. The number of fused-ring (bicyclic) bond motifs is 1. The minimum atomic E-state index is 0.490. The Morgan fingerprint density at radius 1 is 1.33 bits per heavy atom. The van der Waals surface area contributed by atoms with Crippen LogP contribution >= 0.6 is 0 Å². The van der Waals surface area contributed by atoms with Gasteiger partial charge < -0.3 is 9.73 Å². The Bertz CT molecular complexity index is 539. The third kappa shape index (κ3) is 3.63. The zero-order valence-corrected chi connectivity index (χ0v) is 13.0. The number of hydrogen-bond acceptors (Lipinski definition) is 4. The molecule has 0 radical (unpaired) electrons. The maximum Gasteiger partial charge on any atom is 0.209 e. The first kappa shape index (κ1) is 14.5. The summed E-state index contributed by atoms with van der Waals surface area (Å²) in [5.41, 5.74) is 1.83. The van der Waals surface area contributed by atoms with Gasteiger partial charge in [0.2, 0.25) is 5.89 Å². The Balaban J connectivity index is 1.68. The summed E-state index contributed by atoms with van der Waals surface area (Å²) < 4.78 is 5.86. The van der Waals surface area contributed by atoms with Crippen LogP contribution in [0.5, 0.6) is 0 Å². The maximum absolute atomic E-state index is 5.86. The first-order chi connectivity index (χ1) is 10.2. The summed E-state index contributed by atoms with van der Waals surface area (Å²) in [6, 6.07) is 9.07. The standard InChI is InChI=1S/C17H25N3O/c1-13(2)20(11-14-7-5-6-10-18-14)12-17-19-15-8-3-4-9-16(15)21-17/h3-4,8-9,13-14,18H,5-7,10-12H2,1-2H3. The van der Waals surface area contributed by atoms with Crippen LogP contribution < -0.4 is 5.32 Å². The van der Waals surface area contributed by atoms with E-state index in [0.29, 0.717) is 12.1 Å². The number of aromatic nitrogens is 1. The van der Waals surface area contributed by atoms with E-state index in [0.717, 1.165) is 36.6 Å². The normalized spacial score (nSPS) is 19.7. The molecule has 4 heteroatoms. The van der Waals surface area contributed by atoms with Crippen LogP contribution in [0.2, 0.25) is 0 Å². The van der Waals surface area contributed by atoms with E-state index < -0.39 is 0 Å². The molecule has 2 heterocycles. The SMILES string of the molecule is CC(C)N(Cc1nc2ccccc2o1)CC1CCCCN1. The molecule has 3 rings (SSSR count). The van der Waals surface area contributed by atoms with Crippen LogP contribution in [-0.4, -0.2) is 35.1 Å². The molecule has 1 saturated heterocycles. The number of piperidine rings is 1. The van der Waals surface area contributed by atoms with E-state index in [2.05, 4.69) is 29.0 Å². The van der Waals surface area contributed by atoms with Crippen LogP contribution in [0.4, 0.5) is 0 Å². The molecular formula is C17H25N3O. The zero-order chi connectivity index (χ0) is 14.7. The molecule has 0 spiro atoms. The van der Waals surface area contributed by atoms with Gasteiger partial charge in [0.1, 0.15) is 5.52 Å². The molecule has 2 aromatic rings. The summed E-state index contributed by atoms with van der Waals surface area (Å²) in [4.78, 5) is 7.05. The summed E-state index contributed by atoms with van der Waals surface area (Å²) in [7, 11) is 0. The second-order valence-electron chi connectivity index (χ2n) is 6.25. The maximum atomic E-state index is 5.86. The minimum Gasteiger partial charge on any atom is -0.439 e. The molecule has 1 atom stereocenters. The van der Waals surface area contributed by atoms with Gasteiger partial charge in [-0.1, -0.05) is 18.6 Å². The number of oxazole rings is 1. The van der Waals surface area contributed by atoms with Crippen LogP contribution in [0.1, 0.15) is 39.0 Å². The van der Waals surface area contributed by atoms with Crippen molar-refractivity contribution in [3.05, 3.63) is 30.2 Å². The minimum absolute atomic E-state index is 0.490. The lowest BCUT2D eigenvalue weighted by atomic mass is 10.0. The van der Waals surface area contributed by atoms with Crippen LogP contribution in [-0.2, 0) is 6.54 Å². The fraction of sp³-hybridized carbons (Fsp3) is 0.588. The molecule has 4 nitrogen and oxygen atoms in total. The molecule has 1 unspecified atom stereocenters. The van der Waals surface area contributed by atoms with Gasteiger partial charge in [-0.05, 0) is 45.4 Å². The van der Waals surface area contributed by atoms with Crippen LogP contribution in [0.3, 0.4) is 0 Å². The van der Waals surface area contributed by atoms with E-state index >= 15 is 0 Å². The van der Waals surface area contributed by atoms with Gasteiger partial charge in [-0.2, -0.15) is 0 Å². The van der Waals surface area contributed by atoms with Gasteiger partial charge in [0.15, 0.2) is 5.58 Å². The van der Waals surface area contributed by atoms with E-state index in [4.69, 9.17) is 4.42 Å². The monoisotopic (exact) mass is 287 g/mol. The van der Waals surface area contributed by atoms with Crippen molar-refractivity contribution in [2.45, 2.75) is 51.7 Å². The summed E-state index contributed by atoms with van der Waals surface area (Å²) in [6.07, 6.45) is 3.92. The Hall–Kier alpha value is -1.39. The van der Waals surface area contributed by atoms with E-state index in [9.17, 15) is 0 Å². The van der Waals surface area contributed by atoms with Crippen molar-refractivity contribution >= 4 is 11.1 Å². The molecule has 1 fully saturated rings. The molecule has 0 bridgehead atoms. The molecule has 1 N–H and O–H groups in total. The van der Waals surface area contributed by atoms with Crippen LogP contribution in [0.25, 0.3) is 11.1 Å². The zero-order valence-electron chi connectivity index (χ0n) is 13.0. The molecule has 21 heavy (non-hydrogen) atoms. The fourth-order valence-electron chi connectivity index (χ4n) is 2.98. The lowest BCUT2D eigenvalue weighted by molar-refractivity contribution is 0.164. The Labute approximate surface area is 126 Å². The van der Waals surface area contributed by atoms with Crippen LogP contribution in [0.15, 0.2) is 28.7 Å². The number of nitrogens with zero attached hydrogens (tertiary/aromatic N) is 2. The topological polar surface area (TPSA) is 41.3 Å². The Kier molecular flexibility index (Phi) is 4.56. The largest absolute Gasteiger partial charge is 0.439 e. The highest BCUT2D eigenvalue weighted by molar-refractivity contribution is 5.72. The smallest absolute Gasteiger partial charge is 0.209 e. The summed E-state index contributed by atoms with van der Waals surface area (Å²) >= 11 is 0. The van der Waals surface area contributed by atoms with Gasteiger partial charge in [0.05, 0.1) is 6.54 Å². The van der Waals surface area contributed by atoms with Crippen molar-refractivity contribution in [3.63, 3.8) is 0 Å². The lowest BCUT2D eigenvalue weighted by Gasteiger charge is -2.32. The van der Waals surface area contributed by atoms with E-state index in [1.165, 1.54) is 19.3 Å². The lowest BCUT2D eigenvalue weighted by Crippen LogP contribution is -2.45. The molecule has 0 saturated carbocycles. The highest BCUT2D eigenvalue weighted by atomic mass is 16.3. The van der Waals surface area contributed by atoms with Crippen molar-refractivity contribution in [1.29, 1.82) is 0 Å². The van der Waals surface area contributed by atoms with Gasteiger partial charge in [-0.25, -0.2) is 4.98 Å². The van der Waals surface area contributed by atoms with Gasteiger partial charge in [0, 0.05) is 18.6 Å². The summed E-state index contributed by atoms with van der Waals surface area (Å²) in [5, 5.41) is 3.62. The molecule has 1 aliphatic rings. The number of rotatable bonds is 5. The molecule has 1 aromatic carbocycles. The van der Waals surface area contributed by atoms with Gasteiger partial charge in [0.25, 0.3) is 0 Å². The third-order valence-electron chi connectivity index (χ3n) is 4.27. The summed E-state index contributed by atoms with van der Waals surface area (Å²) in [5.74, 6) is 0.820. The molecule has 0 aliphatic carbocycles. The number of para-hydroxylation sites is 2. The summed E-state index contributed by atoms with van der Waals surface area (Å²) in [6.45, 7) is 7.48. The second-order valence-corrected chi connectivity index (χ2v) is 6.25. The third-order valence-corrected chi connectivity index (χ3v) is 4.27. The average molecular weight is 287 g/mol. The predicted molar refractivity (Wildman–Crippen MR) is 85.2 cm³/mol. The highest BCUT2D eigenvalue weighted by Gasteiger charge is 2.20. The molecule has 0 amide bonds. The fourth-order valence-corrected chi connectivity index (χ4v) is 2.98. The molecule has 1 aromatic heterocycles. The van der Waals surface area contributed by atoms with Gasteiger partial charge >= 0.3 is 0 Å². The van der Waals surface area contributed by atoms with Gasteiger partial charge in [-0.15, -0.1) is 0 Å². The Morgan fingerprint density at radius 2 is 2.19 bits per heavy atom. The number of nitrogens with one attached hydrogen (secondary N) is 1. The molecule has 114 valence electrons. The van der Waals surface area contributed by atoms with Crippen molar-refractivity contribution in [2.24, 2.45) is 0 Å². The quantitative estimate of drug-likeness (QED) is 0.917.